The van der Waals surface area contributed by atoms with Gasteiger partial charge >= 0.3 is 198 Å². The maximum absolute atomic E-state index is 10.4. The molecule has 100 heavy (non-hydrogen) atoms. The van der Waals surface area contributed by atoms with Crippen molar-refractivity contribution in [2.45, 2.75) is 23.6 Å². The Hall–Kier alpha value is -9.93. The van der Waals surface area contributed by atoms with E-state index in [9.17, 15) is 25.9 Å². The molecule has 0 aliphatic rings. The first-order valence-corrected chi connectivity index (χ1v) is 40.0. The zero-order valence-electron chi connectivity index (χ0n) is 54.6. The smallest absolute Gasteiger partial charge is 0.744 e. The number of aromatic nitrogens is 4. The molecule has 0 atom stereocenters. The standard InChI is InChI=1S/C26H22As2.2C22H16N2.2C7H8O3S.H2O.Os/c1-5-13-23(14-6-1)27(24-15-7-2-8-16-24)21-22-28(25-17-9-3-10-18-25)26-19-11-4-12-20-26;2*1-3-7-17(8-4-1)19-11-13-23-21(15-19)22-16-20(12-14-24-22)18-9-5-2-6-10-18;2*1-6-2-4-7(5-3-6)11(8,9)10;;/h1-22H;2*1-16H;2*2-5H,1H3,(H,8,9,10);1H2;/q;;;;;;+2/p-2/b22-21-;;;;;;. The van der Waals surface area contributed by atoms with Gasteiger partial charge in [0.15, 0.2) is 0 Å². The SMILES string of the molecule is C(=C/[As](c1ccccc1)c1ccccc1)/[As](c1ccccc1)c1ccccc1.Cc1ccc(S(=O)(=O)[O-])cc1.Cc1ccc(S(=O)(=O)[O-])cc1.O.[Os+2].c1ccc(-c2ccnc(-c3cc(-c4ccccc4)ccn3)c2)cc1.c1ccc(-c2ccnc(-c3cc(-c4ccccc4)ccn3)c2)cc1. The minimum atomic E-state index is -4.27. The third-order valence-corrected chi connectivity index (χ3v) is 27.0. The van der Waals surface area contributed by atoms with E-state index < -0.39 is 49.5 Å². The van der Waals surface area contributed by atoms with Gasteiger partial charge in [-0.05, 0) is 131 Å². The predicted octanol–water partition coefficient (Wildman–Crippen LogP) is 15.2. The van der Waals surface area contributed by atoms with Crippen LogP contribution in [0.25, 0.3) is 67.3 Å². The molecule has 0 saturated carbocycles. The van der Waals surface area contributed by atoms with Crippen LogP contribution in [0.3, 0.4) is 0 Å². The average molecular weight is 1650 g/mol. The number of hydrogen-bond acceptors (Lipinski definition) is 10. The van der Waals surface area contributed by atoms with Gasteiger partial charge in [-0.15, -0.1) is 0 Å². The summed E-state index contributed by atoms with van der Waals surface area (Å²) in [5, 5.41) is 0. The van der Waals surface area contributed by atoms with Crippen LogP contribution in [-0.4, -0.2) is 80.7 Å². The molecule has 4 heterocycles. The first-order valence-electron chi connectivity index (χ1n) is 31.3. The van der Waals surface area contributed by atoms with Crippen LogP contribution in [0.5, 0.6) is 0 Å². The van der Waals surface area contributed by atoms with E-state index in [2.05, 4.69) is 224 Å². The first-order chi connectivity index (χ1) is 47.7. The van der Waals surface area contributed by atoms with Crippen molar-refractivity contribution in [1.82, 2.24) is 19.9 Å². The summed E-state index contributed by atoms with van der Waals surface area (Å²) < 4.78 is 68.2. The third-order valence-electron chi connectivity index (χ3n) is 15.1. The predicted molar refractivity (Wildman–Crippen MR) is 404 cm³/mol. The minimum absolute atomic E-state index is 0. The second-order valence-corrected chi connectivity index (χ2v) is 33.5. The molecule has 2 N–H and O–H groups in total. The van der Waals surface area contributed by atoms with Crippen molar-refractivity contribution in [2.75, 3.05) is 0 Å². The average Bonchev–Trinajstić information content (AvgIpc) is 0.835. The molecule has 14 rings (SSSR count). The molecule has 498 valence electrons. The van der Waals surface area contributed by atoms with Crippen molar-refractivity contribution in [3.63, 3.8) is 0 Å². The second kappa shape index (κ2) is 38.4. The summed E-state index contributed by atoms with van der Waals surface area (Å²) in [6.45, 7) is 3.64. The van der Waals surface area contributed by atoms with Gasteiger partial charge in [-0.2, -0.15) is 0 Å². The van der Waals surface area contributed by atoms with E-state index >= 15 is 0 Å². The normalized spacial score (nSPS) is 10.7. The summed E-state index contributed by atoms with van der Waals surface area (Å²) in [7, 11) is -8.54. The zero-order chi connectivity index (χ0) is 68.4. The summed E-state index contributed by atoms with van der Waals surface area (Å²) >= 11 is -2.96. The largest absolute Gasteiger partial charge is 2.00 e. The van der Waals surface area contributed by atoms with E-state index in [1.807, 2.05) is 136 Å². The van der Waals surface area contributed by atoms with Gasteiger partial charge in [-0.25, -0.2) is 16.8 Å². The van der Waals surface area contributed by atoms with Crippen LogP contribution in [-0.2, 0) is 40.0 Å². The molecule has 10 aromatic carbocycles. The van der Waals surface area contributed by atoms with E-state index in [1.165, 1.54) is 63.9 Å². The van der Waals surface area contributed by atoms with Gasteiger partial charge < -0.3 is 14.6 Å². The summed E-state index contributed by atoms with van der Waals surface area (Å²) in [6, 6.07) is 113. The van der Waals surface area contributed by atoms with Crippen molar-refractivity contribution >= 4 is 66.9 Å². The molecule has 0 amide bonds. The molecule has 0 spiro atoms. The van der Waals surface area contributed by atoms with Gasteiger partial charge in [0.25, 0.3) is 0 Å². The van der Waals surface area contributed by atoms with Gasteiger partial charge in [0, 0.05) is 24.8 Å². The van der Waals surface area contributed by atoms with E-state index in [4.69, 9.17) is 0 Å². The summed E-state index contributed by atoms with van der Waals surface area (Å²) in [4.78, 5) is 22.8. The molecule has 0 aliphatic heterocycles. The Bertz CT molecular complexity index is 4470. The Kier molecular flexibility index (Phi) is 29.2. The molecule has 16 heteroatoms. The van der Waals surface area contributed by atoms with Crippen molar-refractivity contribution in [1.29, 1.82) is 0 Å². The molecule has 0 fully saturated rings. The molecule has 0 saturated heterocycles. The van der Waals surface area contributed by atoms with Crippen molar-refractivity contribution in [2.24, 2.45) is 0 Å². The van der Waals surface area contributed by atoms with Gasteiger partial charge in [-0.1, -0.05) is 157 Å². The quantitative estimate of drug-likeness (QED) is 0.0746. The Balaban J connectivity index is 0.000000165. The summed E-state index contributed by atoms with van der Waals surface area (Å²) in [6.07, 6.45) is 7.37. The van der Waals surface area contributed by atoms with Gasteiger partial charge in [0.05, 0.1) is 32.6 Å². The number of pyridine rings is 4. The van der Waals surface area contributed by atoms with Crippen LogP contribution in [0.1, 0.15) is 11.1 Å². The molecule has 0 radical (unpaired) electrons. The Morgan fingerprint density at radius 3 is 0.650 bits per heavy atom. The van der Waals surface area contributed by atoms with Crippen molar-refractivity contribution in [3.05, 3.63) is 385 Å². The zero-order valence-corrected chi connectivity index (χ0v) is 62.5. The van der Waals surface area contributed by atoms with Crippen LogP contribution < -0.4 is 17.4 Å². The number of hydrogen-bond donors (Lipinski definition) is 0. The maximum atomic E-state index is 10.4. The number of aryl methyl sites for hydroxylation is 2. The maximum Gasteiger partial charge on any atom is 2.00 e. The second-order valence-electron chi connectivity index (χ2n) is 22.1. The molecule has 14 aromatic rings. The van der Waals surface area contributed by atoms with Crippen LogP contribution in [0.15, 0.2) is 384 Å². The number of nitrogens with zero attached hydrogens (tertiary/aromatic N) is 4. The van der Waals surface area contributed by atoms with E-state index in [1.54, 1.807) is 24.3 Å². The summed E-state index contributed by atoms with van der Waals surface area (Å²) in [5.74, 6) is 0. The topological polar surface area (TPSA) is 197 Å². The number of benzene rings is 10. The van der Waals surface area contributed by atoms with Gasteiger partial charge in [0.1, 0.15) is 20.2 Å². The Morgan fingerprint density at radius 1 is 0.270 bits per heavy atom. The first kappa shape index (κ1) is 75.8. The number of rotatable bonds is 14. The van der Waals surface area contributed by atoms with Crippen LogP contribution in [0, 0.1) is 13.8 Å². The molecule has 11 nitrogen and oxygen atoms in total. The minimum Gasteiger partial charge on any atom is -0.744 e. The molecule has 0 bridgehead atoms. The monoisotopic (exact) mass is 1650 g/mol. The Labute approximate surface area is 609 Å². The third kappa shape index (κ3) is 22.8. The van der Waals surface area contributed by atoms with Crippen molar-refractivity contribution < 1.29 is 51.2 Å². The Morgan fingerprint density at radius 2 is 0.460 bits per heavy atom. The molecular weight excluding hydrogens is 1580 g/mol. The molecule has 0 unspecified atom stereocenters. The fourth-order valence-electron chi connectivity index (χ4n) is 10.1. The van der Waals surface area contributed by atoms with Crippen LogP contribution in [0.2, 0.25) is 0 Å². The van der Waals surface area contributed by atoms with E-state index in [0.29, 0.717) is 0 Å². The molecular formula is C84H70As2N4O7OsS2. The van der Waals surface area contributed by atoms with Gasteiger partial charge in [-0.3, -0.25) is 19.9 Å². The fourth-order valence-corrected chi connectivity index (χ4v) is 21.3. The fraction of sp³-hybridized carbons (Fsp3) is 0.0238. The van der Waals surface area contributed by atoms with E-state index in [0.717, 1.165) is 56.2 Å². The van der Waals surface area contributed by atoms with E-state index in [-0.39, 0.29) is 35.1 Å². The van der Waals surface area contributed by atoms with Crippen LogP contribution >= 0.6 is 0 Å². The summed E-state index contributed by atoms with van der Waals surface area (Å²) in [5.41, 5.74) is 14.7. The van der Waals surface area contributed by atoms with Crippen LogP contribution in [0.4, 0.5) is 0 Å². The molecule has 0 aliphatic carbocycles. The molecule has 4 aromatic heterocycles. The van der Waals surface area contributed by atoms with Crippen molar-refractivity contribution in [3.8, 4) is 67.3 Å². The van der Waals surface area contributed by atoms with Gasteiger partial charge in [0.2, 0.25) is 0 Å².